The highest BCUT2D eigenvalue weighted by atomic mass is 32.1. The molecule has 0 aliphatic heterocycles. The monoisotopic (exact) mass is 1110 g/mol. The Labute approximate surface area is 483 Å². The van der Waals surface area contributed by atoms with Crippen molar-refractivity contribution in [3.8, 4) is 34.3 Å². The zero-order chi connectivity index (χ0) is 54.3. The molecule has 6 nitrogen and oxygen atoms in total. The summed E-state index contributed by atoms with van der Waals surface area (Å²) in [5.74, 6) is 0. The quantitative estimate of drug-likeness (QED) is 0.165. The van der Waals surface area contributed by atoms with Crippen molar-refractivity contribution in [2.24, 2.45) is 0 Å². The van der Waals surface area contributed by atoms with Crippen LogP contribution in [0.4, 0.5) is 5.69 Å². The molecular formula is C74H37N5OS3. The lowest BCUT2D eigenvalue weighted by Gasteiger charge is -2.27. The summed E-state index contributed by atoms with van der Waals surface area (Å²) >= 11 is 5.35. The van der Waals surface area contributed by atoms with Crippen LogP contribution in [0.1, 0.15) is 5.56 Å². The highest BCUT2D eigenvalue weighted by molar-refractivity contribution is 7.27. The number of aromatic nitrogens is 3. The Hall–Kier alpha value is -10.5. The fraction of sp³-hybridized carbons (Fsp3) is 0. The molecule has 0 saturated carbocycles. The van der Waals surface area contributed by atoms with Gasteiger partial charge in [-0.05, 0) is 42.5 Å². The molecule has 83 heavy (non-hydrogen) atoms. The van der Waals surface area contributed by atoms with E-state index in [0.29, 0.717) is 17.0 Å². The molecule has 0 amide bonds. The van der Waals surface area contributed by atoms with Crippen LogP contribution in [0.2, 0.25) is 0 Å². The van der Waals surface area contributed by atoms with Crippen molar-refractivity contribution in [2.75, 3.05) is 0 Å². The van der Waals surface area contributed by atoms with Crippen molar-refractivity contribution in [3.05, 3.63) is 241 Å². The number of benzene rings is 12. The molecule has 0 radical (unpaired) electrons. The second kappa shape index (κ2) is 16.5. The fourth-order valence-corrected chi connectivity index (χ4v) is 17.9. The van der Waals surface area contributed by atoms with Crippen LogP contribution in [0.25, 0.3) is 181 Å². The molecule has 0 atom stereocenters. The van der Waals surface area contributed by atoms with Crippen molar-refractivity contribution >= 4 is 188 Å². The Balaban J connectivity index is 1.15. The Morgan fingerprint density at radius 2 is 0.747 bits per heavy atom. The first-order chi connectivity index (χ1) is 41.1. The smallest absolute Gasteiger partial charge is 0.232 e. The Bertz CT molecular complexity index is 6240. The maximum Gasteiger partial charge on any atom is 0.232 e. The van der Waals surface area contributed by atoms with Crippen LogP contribution in [0.5, 0.6) is 0 Å². The summed E-state index contributed by atoms with van der Waals surface area (Å²) in [7, 11) is 0. The van der Waals surface area contributed by atoms with Gasteiger partial charge >= 0.3 is 0 Å². The van der Waals surface area contributed by atoms with Crippen molar-refractivity contribution < 1.29 is 4.42 Å². The molecule has 19 rings (SSSR count). The van der Waals surface area contributed by atoms with Crippen LogP contribution >= 0.6 is 34.0 Å². The summed E-state index contributed by atoms with van der Waals surface area (Å²) in [6, 6.07) is 83.1. The van der Waals surface area contributed by atoms with Crippen molar-refractivity contribution in [1.82, 2.24) is 13.7 Å². The molecule has 9 heteroatoms. The SMILES string of the molecule is [C-]#[N+]c1c(C#N)c(-n2c3ccccc3c3ccc4c5ccccc5sc4c32)c(-c2cccc3c2oc2ccccc23)c(-n2c3ccccc3c3ccc4c5ccccc5sc4c32)c1-n1c2ccccc2c2ccc3c4ccccc4sc3c21. The van der Waals surface area contributed by atoms with E-state index in [-0.39, 0.29) is 11.3 Å². The van der Waals surface area contributed by atoms with Gasteiger partial charge in [-0.1, -0.05) is 182 Å². The number of rotatable bonds is 4. The number of hydrogen-bond acceptors (Lipinski definition) is 5. The molecule has 382 valence electrons. The number of para-hydroxylation sites is 5. The largest absolute Gasteiger partial charge is 0.455 e. The molecular weight excluding hydrogens is 1070 g/mol. The van der Waals surface area contributed by atoms with E-state index in [9.17, 15) is 11.8 Å². The van der Waals surface area contributed by atoms with Crippen LogP contribution in [0.15, 0.2) is 229 Å². The molecule has 0 aliphatic rings. The molecule has 0 aliphatic carbocycles. The summed E-state index contributed by atoms with van der Waals surface area (Å²) in [4.78, 5) is 4.79. The summed E-state index contributed by atoms with van der Waals surface area (Å²) in [5.41, 5.74) is 11.4. The lowest BCUT2D eigenvalue weighted by atomic mass is 9.92. The minimum absolute atomic E-state index is 0.252. The van der Waals surface area contributed by atoms with E-state index in [2.05, 4.69) is 232 Å². The van der Waals surface area contributed by atoms with Gasteiger partial charge in [0, 0.05) is 101 Å². The van der Waals surface area contributed by atoms with Gasteiger partial charge in [0.2, 0.25) is 5.69 Å². The maximum absolute atomic E-state index is 12.7. The Morgan fingerprint density at radius 1 is 0.361 bits per heavy atom. The van der Waals surface area contributed by atoms with E-state index in [4.69, 9.17) is 9.26 Å². The van der Waals surface area contributed by atoms with Crippen LogP contribution in [0, 0.1) is 17.9 Å². The number of furan rings is 1. The second-order valence-corrected chi connectivity index (χ2v) is 24.7. The fourth-order valence-electron chi connectivity index (χ4n) is 14.2. The molecule has 19 aromatic rings. The van der Waals surface area contributed by atoms with Gasteiger partial charge in [-0.15, -0.1) is 34.0 Å². The van der Waals surface area contributed by atoms with Gasteiger partial charge in [0.1, 0.15) is 11.2 Å². The van der Waals surface area contributed by atoms with Gasteiger partial charge in [0.25, 0.3) is 0 Å². The number of thiophene rings is 3. The van der Waals surface area contributed by atoms with Crippen LogP contribution < -0.4 is 0 Å². The normalized spacial score (nSPS) is 12.3. The van der Waals surface area contributed by atoms with Gasteiger partial charge in [-0.2, -0.15) is 5.26 Å². The number of hydrogen-bond donors (Lipinski definition) is 0. The third kappa shape index (κ3) is 5.82. The zero-order valence-electron chi connectivity index (χ0n) is 43.7. The Kier molecular flexibility index (Phi) is 9.02. The van der Waals surface area contributed by atoms with Gasteiger partial charge in [0.15, 0.2) is 0 Å². The van der Waals surface area contributed by atoms with E-state index in [1.54, 1.807) is 34.0 Å². The average molecular weight is 1110 g/mol. The molecule has 0 saturated heterocycles. The molecule has 0 fully saturated rings. The van der Waals surface area contributed by atoms with Crippen molar-refractivity contribution in [2.45, 2.75) is 0 Å². The minimum Gasteiger partial charge on any atom is -0.455 e. The first-order valence-electron chi connectivity index (χ1n) is 27.6. The third-order valence-electron chi connectivity index (χ3n) is 17.5. The first kappa shape index (κ1) is 45.2. The van der Waals surface area contributed by atoms with E-state index in [1.807, 2.05) is 12.1 Å². The highest BCUT2D eigenvalue weighted by Crippen LogP contribution is 2.56. The standard InChI is InChI=1S/C74H37N5OS3/c1-76-64-55(39-75)65(77-56-26-9-2-17-40(56)47-33-36-51-44-21-6-13-30-60(44)81-72(51)66(47)77)63(54-25-16-24-50-43-20-5-12-29-59(43)80-71(50)54)69(78-57-27-10-3-18-41(57)48-34-37-52-45-22-7-14-31-61(45)82-73(52)67(48)78)70(64)79-58-28-11-4-19-42(58)49-35-38-53-46-23-8-15-32-62(46)83-74(53)68(49)79/h2-38H. The van der Waals surface area contributed by atoms with Gasteiger partial charge in [-0.25, -0.2) is 4.85 Å². The van der Waals surface area contributed by atoms with E-state index >= 15 is 0 Å². The predicted octanol–water partition coefficient (Wildman–Crippen LogP) is 22.1. The first-order valence-corrected chi connectivity index (χ1v) is 30.0. The molecule has 0 spiro atoms. The molecule has 0 N–H and O–H groups in total. The highest BCUT2D eigenvalue weighted by Gasteiger charge is 2.36. The summed E-state index contributed by atoms with van der Waals surface area (Å²) < 4.78 is 21.3. The topological polar surface area (TPSA) is 56.1 Å². The summed E-state index contributed by atoms with van der Waals surface area (Å²) in [6.45, 7) is 9.91. The molecule has 0 unspecified atom stereocenters. The van der Waals surface area contributed by atoms with Crippen molar-refractivity contribution in [3.63, 3.8) is 0 Å². The van der Waals surface area contributed by atoms with Crippen molar-refractivity contribution in [1.29, 1.82) is 5.26 Å². The molecule has 0 bridgehead atoms. The van der Waals surface area contributed by atoms with Gasteiger partial charge in [0.05, 0.1) is 82.5 Å². The van der Waals surface area contributed by atoms with Gasteiger partial charge in [-0.3, -0.25) is 0 Å². The van der Waals surface area contributed by atoms with Crippen LogP contribution in [-0.4, -0.2) is 13.7 Å². The minimum atomic E-state index is 0.252. The summed E-state index contributed by atoms with van der Waals surface area (Å²) in [5, 5.41) is 28.0. The average Bonchev–Trinajstić information content (AvgIpc) is 3.22. The van der Waals surface area contributed by atoms with Crippen LogP contribution in [0.3, 0.4) is 0 Å². The number of nitrogens with zero attached hydrogens (tertiary/aromatic N) is 5. The zero-order valence-corrected chi connectivity index (χ0v) is 46.2. The van der Waals surface area contributed by atoms with E-state index in [0.717, 1.165) is 129 Å². The van der Waals surface area contributed by atoms with Gasteiger partial charge < -0.3 is 18.1 Å². The van der Waals surface area contributed by atoms with Crippen LogP contribution in [-0.2, 0) is 0 Å². The molecule has 12 aromatic carbocycles. The second-order valence-electron chi connectivity index (χ2n) is 21.5. The Morgan fingerprint density at radius 3 is 1.22 bits per heavy atom. The molecule has 7 heterocycles. The predicted molar refractivity (Wildman–Crippen MR) is 352 cm³/mol. The third-order valence-corrected chi connectivity index (χ3v) is 21.1. The number of nitriles is 1. The molecule has 7 aromatic heterocycles. The number of fused-ring (bicyclic) bond motifs is 24. The van der Waals surface area contributed by atoms with E-state index in [1.165, 1.54) is 30.3 Å². The lowest BCUT2D eigenvalue weighted by molar-refractivity contribution is 0.670. The lowest BCUT2D eigenvalue weighted by Crippen LogP contribution is -2.12. The van der Waals surface area contributed by atoms with E-state index < -0.39 is 0 Å². The maximum atomic E-state index is 12.7. The summed E-state index contributed by atoms with van der Waals surface area (Å²) in [6.07, 6.45) is 0.